The van der Waals surface area contributed by atoms with Gasteiger partial charge in [0.15, 0.2) is 11.5 Å². The van der Waals surface area contributed by atoms with Gasteiger partial charge in [-0.1, -0.05) is 13.8 Å². The van der Waals surface area contributed by atoms with E-state index in [1.165, 1.54) is 0 Å². The Bertz CT molecular complexity index is 569. The molecule has 1 rings (SSSR count). The van der Waals surface area contributed by atoms with Crippen LogP contribution in [0.15, 0.2) is 16.6 Å². The van der Waals surface area contributed by atoms with Crippen LogP contribution in [0.3, 0.4) is 0 Å². The highest BCUT2D eigenvalue weighted by Crippen LogP contribution is 2.38. The number of carbonyl (C=O) groups excluding carboxylic acids is 1. The number of hydrogen-bond donors (Lipinski definition) is 0. The molecule has 0 amide bonds. The summed E-state index contributed by atoms with van der Waals surface area (Å²) < 4.78 is 22.6. The molecule has 0 fully saturated rings. The molecular weight excluding hydrogens is 388 g/mol. The van der Waals surface area contributed by atoms with Gasteiger partial charge in [0.1, 0.15) is 5.75 Å². The van der Waals surface area contributed by atoms with Gasteiger partial charge in [0.2, 0.25) is 0 Å². The number of benzene rings is 1. The van der Waals surface area contributed by atoms with Crippen LogP contribution >= 0.6 is 15.9 Å². The summed E-state index contributed by atoms with van der Waals surface area (Å²) in [6, 6.07) is 3.59. The van der Waals surface area contributed by atoms with E-state index >= 15 is 0 Å². The van der Waals surface area contributed by atoms with Gasteiger partial charge >= 0.3 is 5.97 Å². The molecular formula is C19H29BrO5. The van der Waals surface area contributed by atoms with Gasteiger partial charge in [-0.15, -0.1) is 0 Å². The quantitative estimate of drug-likeness (QED) is 0.402. The Morgan fingerprint density at radius 2 is 1.76 bits per heavy atom. The van der Waals surface area contributed by atoms with Crippen LogP contribution in [-0.2, 0) is 9.53 Å². The van der Waals surface area contributed by atoms with Crippen molar-refractivity contribution in [1.82, 2.24) is 0 Å². The highest BCUT2D eigenvalue weighted by molar-refractivity contribution is 9.10. The number of esters is 1. The van der Waals surface area contributed by atoms with E-state index in [-0.39, 0.29) is 5.97 Å². The SMILES string of the molecule is COc1cc(OCCCC(C)(C)C(=O)OCC(C)C)c(OC)cc1Br. The van der Waals surface area contributed by atoms with Crippen molar-refractivity contribution in [1.29, 1.82) is 0 Å². The third-order valence-corrected chi connectivity index (χ3v) is 4.36. The summed E-state index contributed by atoms with van der Waals surface area (Å²) in [7, 11) is 3.19. The van der Waals surface area contributed by atoms with Gasteiger partial charge in [-0.05, 0) is 48.5 Å². The summed E-state index contributed by atoms with van der Waals surface area (Å²) >= 11 is 3.42. The fraction of sp³-hybridized carbons (Fsp3) is 0.632. The molecule has 0 heterocycles. The summed E-state index contributed by atoms with van der Waals surface area (Å²) in [5.41, 5.74) is -0.528. The van der Waals surface area contributed by atoms with Gasteiger partial charge in [-0.3, -0.25) is 4.79 Å². The maximum atomic E-state index is 12.2. The zero-order chi connectivity index (χ0) is 19.0. The largest absolute Gasteiger partial charge is 0.495 e. The van der Waals surface area contributed by atoms with Gasteiger partial charge in [0, 0.05) is 12.1 Å². The second-order valence-electron chi connectivity index (χ2n) is 6.97. The number of rotatable bonds is 10. The Kier molecular flexibility index (Phi) is 8.56. The molecule has 5 nitrogen and oxygen atoms in total. The van der Waals surface area contributed by atoms with E-state index in [0.29, 0.717) is 42.8 Å². The number of hydrogen-bond acceptors (Lipinski definition) is 5. The van der Waals surface area contributed by atoms with Crippen LogP contribution in [-0.4, -0.2) is 33.4 Å². The smallest absolute Gasteiger partial charge is 0.311 e. The number of carbonyl (C=O) groups is 1. The van der Waals surface area contributed by atoms with Crippen LogP contribution in [0.5, 0.6) is 17.2 Å². The van der Waals surface area contributed by atoms with E-state index in [1.54, 1.807) is 26.4 Å². The minimum absolute atomic E-state index is 0.163. The van der Waals surface area contributed by atoms with Crippen LogP contribution in [0, 0.1) is 11.3 Å². The van der Waals surface area contributed by atoms with E-state index in [9.17, 15) is 4.79 Å². The number of ether oxygens (including phenoxy) is 4. The van der Waals surface area contributed by atoms with Crippen molar-refractivity contribution in [3.8, 4) is 17.2 Å². The number of halogens is 1. The second-order valence-corrected chi connectivity index (χ2v) is 7.82. The highest BCUT2D eigenvalue weighted by atomic mass is 79.9. The van der Waals surface area contributed by atoms with Crippen molar-refractivity contribution in [3.63, 3.8) is 0 Å². The number of methoxy groups -OCH3 is 2. The molecule has 0 aliphatic heterocycles. The third kappa shape index (κ3) is 6.77. The van der Waals surface area contributed by atoms with Crippen molar-refractivity contribution in [2.75, 3.05) is 27.4 Å². The normalized spacial score (nSPS) is 11.4. The lowest BCUT2D eigenvalue weighted by Gasteiger charge is -2.23. The first kappa shape index (κ1) is 21.6. The Hall–Kier alpha value is -1.43. The van der Waals surface area contributed by atoms with Gasteiger partial charge in [0.25, 0.3) is 0 Å². The molecule has 1 aromatic rings. The van der Waals surface area contributed by atoms with E-state index in [0.717, 1.165) is 10.9 Å². The zero-order valence-electron chi connectivity index (χ0n) is 16.0. The van der Waals surface area contributed by atoms with E-state index in [4.69, 9.17) is 18.9 Å². The van der Waals surface area contributed by atoms with Crippen molar-refractivity contribution >= 4 is 21.9 Å². The molecule has 0 spiro atoms. The van der Waals surface area contributed by atoms with Crippen LogP contribution in [0.2, 0.25) is 0 Å². The molecule has 0 radical (unpaired) electrons. The van der Waals surface area contributed by atoms with Crippen LogP contribution < -0.4 is 14.2 Å². The fourth-order valence-electron chi connectivity index (χ4n) is 2.18. The predicted molar refractivity (Wildman–Crippen MR) is 102 cm³/mol. The lowest BCUT2D eigenvalue weighted by molar-refractivity contribution is -0.155. The molecule has 0 aliphatic carbocycles. The lowest BCUT2D eigenvalue weighted by Crippen LogP contribution is -2.28. The first-order chi connectivity index (χ1) is 11.7. The van der Waals surface area contributed by atoms with Crippen molar-refractivity contribution < 1.29 is 23.7 Å². The molecule has 0 atom stereocenters. The Labute approximate surface area is 159 Å². The molecule has 0 aliphatic rings. The first-order valence-electron chi connectivity index (χ1n) is 8.42. The summed E-state index contributed by atoms with van der Waals surface area (Å²) in [5, 5.41) is 0. The summed E-state index contributed by atoms with van der Waals surface area (Å²) in [4.78, 5) is 12.2. The molecule has 6 heteroatoms. The molecule has 0 aromatic heterocycles. The Balaban J connectivity index is 2.56. The van der Waals surface area contributed by atoms with Crippen molar-refractivity contribution in [2.24, 2.45) is 11.3 Å². The molecule has 0 N–H and O–H groups in total. The monoisotopic (exact) mass is 416 g/mol. The first-order valence-corrected chi connectivity index (χ1v) is 9.22. The van der Waals surface area contributed by atoms with Gasteiger partial charge in [-0.2, -0.15) is 0 Å². The average molecular weight is 417 g/mol. The van der Waals surface area contributed by atoms with Crippen LogP contribution in [0.4, 0.5) is 0 Å². The summed E-state index contributed by atoms with van der Waals surface area (Å²) in [6.45, 7) is 8.77. The van der Waals surface area contributed by atoms with Crippen LogP contribution in [0.1, 0.15) is 40.5 Å². The van der Waals surface area contributed by atoms with Gasteiger partial charge in [-0.25, -0.2) is 0 Å². The molecule has 0 saturated carbocycles. The second kappa shape index (κ2) is 9.90. The Morgan fingerprint density at radius 1 is 1.12 bits per heavy atom. The molecule has 142 valence electrons. The molecule has 0 unspecified atom stereocenters. The fourth-order valence-corrected chi connectivity index (χ4v) is 2.67. The topological polar surface area (TPSA) is 54.0 Å². The van der Waals surface area contributed by atoms with Crippen LogP contribution in [0.25, 0.3) is 0 Å². The van der Waals surface area contributed by atoms with E-state index < -0.39 is 5.41 Å². The predicted octanol–water partition coefficient (Wildman–Crippen LogP) is 4.85. The lowest BCUT2D eigenvalue weighted by atomic mass is 9.88. The van der Waals surface area contributed by atoms with Crippen molar-refractivity contribution in [3.05, 3.63) is 16.6 Å². The maximum absolute atomic E-state index is 12.2. The van der Waals surface area contributed by atoms with Gasteiger partial charge < -0.3 is 18.9 Å². The Morgan fingerprint density at radius 3 is 2.32 bits per heavy atom. The van der Waals surface area contributed by atoms with E-state index in [1.807, 2.05) is 27.7 Å². The van der Waals surface area contributed by atoms with E-state index in [2.05, 4.69) is 15.9 Å². The molecule has 1 aromatic carbocycles. The average Bonchev–Trinajstić information content (AvgIpc) is 2.56. The minimum atomic E-state index is -0.528. The molecule has 25 heavy (non-hydrogen) atoms. The standard InChI is InChI=1S/C19H29BrO5/c1-13(2)12-25-18(21)19(3,4)8-7-9-24-17-11-15(22-5)14(20)10-16(17)23-6/h10-11,13H,7-9,12H2,1-6H3. The minimum Gasteiger partial charge on any atom is -0.495 e. The zero-order valence-corrected chi connectivity index (χ0v) is 17.6. The molecule has 0 saturated heterocycles. The summed E-state index contributed by atoms with van der Waals surface area (Å²) in [5.74, 6) is 2.09. The third-order valence-electron chi connectivity index (χ3n) is 3.74. The molecule has 0 bridgehead atoms. The highest BCUT2D eigenvalue weighted by Gasteiger charge is 2.29. The maximum Gasteiger partial charge on any atom is 0.311 e. The van der Waals surface area contributed by atoms with Crippen molar-refractivity contribution in [2.45, 2.75) is 40.5 Å². The summed E-state index contributed by atoms with van der Waals surface area (Å²) in [6.07, 6.45) is 1.41. The van der Waals surface area contributed by atoms with Gasteiger partial charge in [0.05, 0.1) is 37.3 Å².